The van der Waals surface area contributed by atoms with Crippen molar-refractivity contribution in [3.05, 3.63) is 29.8 Å². The smallest absolute Gasteiger partial charge is 0.307 e. The first kappa shape index (κ1) is 14.9. The van der Waals surface area contributed by atoms with Gasteiger partial charge in [0.1, 0.15) is 0 Å². The van der Waals surface area contributed by atoms with E-state index < -0.39 is 0 Å². The van der Waals surface area contributed by atoms with Crippen LogP contribution in [-0.2, 0) is 16.0 Å². The Kier molecular flexibility index (Phi) is 4.86. The lowest BCUT2D eigenvalue weighted by Crippen LogP contribution is -2.44. The van der Waals surface area contributed by atoms with Gasteiger partial charge in [-0.2, -0.15) is 0 Å². The lowest BCUT2D eigenvalue weighted by molar-refractivity contribution is -0.142. The van der Waals surface area contributed by atoms with Gasteiger partial charge in [0.2, 0.25) is 0 Å². The molecule has 0 aromatic heterocycles. The minimum atomic E-state index is -0.0748. The lowest BCUT2D eigenvalue weighted by Gasteiger charge is -2.36. The van der Waals surface area contributed by atoms with Crippen molar-refractivity contribution in [2.45, 2.75) is 48.3 Å². The van der Waals surface area contributed by atoms with Crippen LogP contribution in [0.15, 0.2) is 29.2 Å². The molecule has 2 heterocycles. The number of likely N-dealkylation sites (tertiary alicyclic amines) is 1. The Morgan fingerprint density at radius 1 is 1.38 bits per heavy atom. The Morgan fingerprint density at radius 2 is 2.24 bits per heavy atom. The van der Waals surface area contributed by atoms with Crippen molar-refractivity contribution in [1.29, 1.82) is 0 Å². The number of esters is 1. The maximum atomic E-state index is 11.6. The van der Waals surface area contributed by atoms with Gasteiger partial charge in [0.15, 0.2) is 0 Å². The molecule has 1 fully saturated rings. The van der Waals surface area contributed by atoms with Crippen molar-refractivity contribution in [3.8, 4) is 0 Å². The first-order valence-corrected chi connectivity index (χ1v) is 8.69. The number of piperidine rings is 1. The third kappa shape index (κ3) is 3.61. The summed E-state index contributed by atoms with van der Waals surface area (Å²) in [6.07, 6.45) is 5.31. The van der Waals surface area contributed by atoms with Crippen molar-refractivity contribution in [2.24, 2.45) is 0 Å². The quantitative estimate of drug-likeness (QED) is 0.799. The number of hydrogen-bond donors (Lipinski definition) is 0. The fourth-order valence-electron chi connectivity index (χ4n) is 3.42. The van der Waals surface area contributed by atoms with E-state index in [0.29, 0.717) is 17.7 Å². The van der Waals surface area contributed by atoms with E-state index in [1.807, 2.05) is 11.8 Å². The van der Waals surface area contributed by atoms with Gasteiger partial charge in [0.25, 0.3) is 0 Å². The van der Waals surface area contributed by atoms with E-state index in [9.17, 15) is 4.79 Å². The Balaban J connectivity index is 1.59. The number of thioether (sulfide) groups is 1. The molecule has 0 amide bonds. The van der Waals surface area contributed by atoms with E-state index in [1.165, 1.54) is 30.4 Å². The van der Waals surface area contributed by atoms with Crippen LogP contribution < -0.4 is 0 Å². The summed E-state index contributed by atoms with van der Waals surface area (Å²) in [7, 11) is 1.49. The Labute approximate surface area is 131 Å². The first-order chi connectivity index (χ1) is 10.3. The Bertz CT molecular complexity index is 480. The lowest BCUT2D eigenvalue weighted by atomic mass is 9.98. The van der Waals surface area contributed by atoms with Gasteiger partial charge in [0, 0.05) is 22.7 Å². The van der Waals surface area contributed by atoms with E-state index >= 15 is 0 Å². The predicted molar refractivity (Wildman–Crippen MR) is 85.6 cm³/mol. The molecular formula is C17H23NO2S. The van der Waals surface area contributed by atoms with Crippen molar-refractivity contribution in [3.63, 3.8) is 0 Å². The molecule has 0 spiro atoms. The zero-order valence-corrected chi connectivity index (χ0v) is 13.4. The van der Waals surface area contributed by atoms with Gasteiger partial charge < -0.3 is 4.74 Å². The SMILES string of the molecule is COC(=O)CC1CCCCN1CC1Cc2ccccc2S1. The summed E-state index contributed by atoms with van der Waals surface area (Å²) in [5, 5.41) is 0.626. The fourth-order valence-corrected chi connectivity index (χ4v) is 4.77. The van der Waals surface area contributed by atoms with Gasteiger partial charge in [0.05, 0.1) is 13.5 Å². The molecule has 0 saturated carbocycles. The van der Waals surface area contributed by atoms with Gasteiger partial charge in [-0.25, -0.2) is 0 Å². The zero-order chi connectivity index (χ0) is 14.7. The Hall–Kier alpha value is -1.00. The molecule has 2 unspecified atom stereocenters. The number of carbonyl (C=O) groups is 1. The number of methoxy groups -OCH3 is 1. The van der Waals surface area contributed by atoms with Crippen molar-refractivity contribution >= 4 is 17.7 Å². The molecular weight excluding hydrogens is 282 g/mol. The van der Waals surface area contributed by atoms with Crippen molar-refractivity contribution in [2.75, 3.05) is 20.2 Å². The zero-order valence-electron chi connectivity index (χ0n) is 12.6. The molecule has 0 N–H and O–H groups in total. The molecule has 1 aromatic rings. The number of carbonyl (C=O) groups excluding carboxylic acids is 1. The highest BCUT2D eigenvalue weighted by Gasteiger charge is 2.30. The number of benzene rings is 1. The summed E-state index contributed by atoms with van der Waals surface area (Å²) in [6.45, 7) is 2.20. The van der Waals surface area contributed by atoms with Gasteiger partial charge >= 0.3 is 5.97 Å². The summed E-state index contributed by atoms with van der Waals surface area (Å²) in [5.74, 6) is -0.0748. The largest absolute Gasteiger partial charge is 0.469 e. The molecule has 0 radical (unpaired) electrons. The average Bonchev–Trinajstić information content (AvgIpc) is 2.91. The van der Waals surface area contributed by atoms with Gasteiger partial charge in [-0.05, 0) is 37.4 Å². The molecule has 0 bridgehead atoms. The molecule has 21 heavy (non-hydrogen) atoms. The highest BCUT2D eigenvalue weighted by Crippen LogP contribution is 2.37. The van der Waals surface area contributed by atoms with Gasteiger partial charge in [-0.1, -0.05) is 24.6 Å². The minimum Gasteiger partial charge on any atom is -0.469 e. The van der Waals surface area contributed by atoms with Crippen LogP contribution in [-0.4, -0.2) is 42.4 Å². The molecule has 2 atom stereocenters. The Morgan fingerprint density at radius 3 is 3.05 bits per heavy atom. The van der Waals surface area contributed by atoms with Crippen LogP contribution in [0, 0.1) is 0 Å². The number of rotatable bonds is 4. The second-order valence-corrected chi connectivity index (χ2v) is 7.32. The highest BCUT2D eigenvalue weighted by atomic mass is 32.2. The fraction of sp³-hybridized carbons (Fsp3) is 0.588. The molecule has 3 nitrogen and oxygen atoms in total. The summed E-state index contributed by atoms with van der Waals surface area (Å²) in [4.78, 5) is 15.5. The van der Waals surface area contributed by atoms with Crippen molar-refractivity contribution < 1.29 is 9.53 Å². The van der Waals surface area contributed by atoms with Crippen LogP contribution in [0.3, 0.4) is 0 Å². The second-order valence-electron chi connectivity index (χ2n) is 5.98. The number of fused-ring (bicyclic) bond motifs is 1. The second kappa shape index (κ2) is 6.84. The summed E-state index contributed by atoms with van der Waals surface area (Å²) >= 11 is 2.00. The topological polar surface area (TPSA) is 29.5 Å². The van der Waals surface area contributed by atoms with Crippen LogP contribution in [0.1, 0.15) is 31.2 Å². The molecule has 114 valence electrons. The maximum Gasteiger partial charge on any atom is 0.307 e. The molecule has 3 rings (SSSR count). The van der Waals surface area contributed by atoms with E-state index in [2.05, 4.69) is 29.2 Å². The molecule has 2 aliphatic rings. The summed E-state index contributed by atoms with van der Waals surface area (Å²) in [5.41, 5.74) is 1.48. The van der Waals surface area contributed by atoms with Crippen LogP contribution in [0.2, 0.25) is 0 Å². The summed E-state index contributed by atoms with van der Waals surface area (Å²) in [6, 6.07) is 9.08. The third-order valence-electron chi connectivity index (χ3n) is 4.53. The normalized spacial score (nSPS) is 25.6. The van der Waals surface area contributed by atoms with Gasteiger partial charge in [-0.15, -0.1) is 11.8 Å². The number of hydrogen-bond acceptors (Lipinski definition) is 4. The molecule has 0 aliphatic carbocycles. The molecule has 2 aliphatic heterocycles. The standard InChI is InChI=1S/C17H23NO2S/c1-20-17(19)11-14-7-4-5-9-18(14)12-15-10-13-6-2-3-8-16(13)21-15/h2-3,6,8,14-15H,4-5,7,9-12H2,1H3. The predicted octanol–water partition coefficient (Wildman–Crippen LogP) is 3.12. The average molecular weight is 305 g/mol. The van der Waals surface area contributed by atoms with E-state index in [-0.39, 0.29) is 5.97 Å². The monoisotopic (exact) mass is 305 g/mol. The molecule has 1 saturated heterocycles. The molecule has 1 aromatic carbocycles. The first-order valence-electron chi connectivity index (χ1n) is 7.81. The number of ether oxygens (including phenoxy) is 1. The van der Waals surface area contributed by atoms with Gasteiger partial charge in [-0.3, -0.25) is 9.69 Å². The van der Waals surface area contributed by atoms with E-state index in [4.69, 9.17) is 4.74 Å². The van der Waals surface area contributed by atoms with Crippen LogP contribution in [0.25, 0.3) is 0 Å². The van der Waals surface area contributed by atoms with Crippen LogP contribution in [0.4, 0.5) is 0 Å². The highest BCUT2D eigenvalue weighted by molar-refractivity contribution is 8.00. The maximum absolute atomic E-state index is 11.6. The van der Waals surface area contributed by atoms with Crippen molar-refractivity contribution in [1.82, 2.24) is 4.90 Å². The summed E-state index contributed by atoms with van der Waals surface area (Å²) < 4.78 is 4.85. The van der Waals surface area contributed by atoms with Crippen LogP contribution in [0.5, 0.6) is 0 Å². The third-order valence-corrected chi connectivity index (χ3v) is 5.83. The van der Waals surface area contributed by atoms with E-state index in [0.717, 1.165) is 25.9 Å². The van der Waals surface area contributed by atoms with E-state index in [1.54, 1.807) is 0 Å². The molecule has 4 heteroatoms. The minimum absolute atomic E-state index is 0.0748. The number of nitrogens with zero attached hydrogens (tertiary/aromatic N) is 1. The van der Waals surface area contributed by atoms with Crippen LogP contribution >= 0.6 is 11.8 Å².